The number of alkyl halides is 3. The normalized spacial score (nSPS) is 11.6. The fourth-order valence-electron chi connectivity index (χ4n) is 1.18. The van der Waals surface area contributed by atoms with Crippen molar-refractivity contribution in [2.75, 3.05) is 7.11 Å². The molecule has 15 heavy (non-hydrogen) atoms. The standard InChI is InChI=1S/C9H8BrF3O2/c1-15-7-3-2-6(9(11,12)13)5(4-14)8(7)10/h2-3,14H,4H2,1H3. The lowest BCUT2D eigenvalue weighted by molar-refractivity contribution is -0.138. The molecule has 1 aromatic rings. The molecular formula is C9H8BrF3O2. The summed E-state index contributed by atoms with van der Waals surface area (Å²) in [6.07, 6.45) is -4.48. The van der Waals surface area contributed by atoms with Gasteiger partial charge in [-0.25, -0.2) is 0 Å². The molecule has 0 aliphatic rings. The number of hydrogen-bond acceptors (Lipinski definition) is 2. The molecule has 6 heteroatoms. The van der Waals surface area contributed by atoms with Gasteiger partial charge in [0.15, 0.2) is 0 Å². The van der Waals surface area contributed by atoms with E-state index in [1.54, 1.807) is 0 Å². The highest BCUT2D eigenvalue weighted by molar-refractivity contribution is 9.10. The Morgan fingerprint density at radius 1 is 1.40 bits per heavy atom. The van der Waals surface area contributed by atoms with Gasteiger partial charge < -0.3 is 9.84 Å². The van der Waals surface area contributed by atoms with Gasteiger partial charge in [-0.15, -0.1) is 0 Å². The Morgan fingerprint density at radius 3 is 2.40 bits per heavy atom. The summed E-state index contributed by atoms with van der Waals surface area (Å²) in [5.74, 6) is 0.257. The quantitative estimate of drug-likeness (QED) is 0.905. The Kier molecular flexibility index (Phi) is 3.62. The molecule has 84 valence electrons. The molecular weight excluding hydrogens is 277 g/mol. The van der Waals surface area contributed by atoms with Crippen LogP contribution in [0.4, 0.5) is 13.2 Å². The highest BCUT2D eigenvalue weighted by Crippen LogP contribution is 2.39. The summed E-state index contributed by atoms with van der Waals surface area (Å²) < 4.78 is 42.4. The zero-order valence-electron chi connectivity index (χ0n) is 7.73. The third kappa shape index (κ3) is 2.43. The predicted molar refractivity (Wildman–Crippen MR) is 51.6 cm³/mol. The van der Waals surface area contributed by atoms with Gasteiger partial charge in [0.05, 0.1) is 23.8 Å². The van der Waals surface area contributed by atoms with Gasteiger partial charge in [-0.05, 0) is 28.1 Å². The van der Waals surface area contributed by atoms with E-state index in [2.05, 4.69) is 15.9 Å². The second kappa shape index (κ2) is 4.40. The van der Waals surface area contributed by atoms with E-state index in [-0.39, 0.29) is 15.8 Å². The Hall–Kier alpha value is -0.750. The number of benzene rings is 1. The van der Waals surface area contributed by atoms with Crippen molar-refractivity contribution < 1.29 is 23.0 Å². The van der Waals surface area contributed by atoms with Gasteiger partial charge in [0.1, 0.15) is 5.75 Å². The van der Waals surface area contributed by atoms with Crippen LogP contribution in [0.25, 0.3) is 0 Å². The van der Waals surface area contributed by atoms with E-state index >= 15 is 0 Å². The molecule has 0 amide bonds. The molecule has 0 fully saturated rings. The van der Waals surface area contributed by atoms with E-state index in [0.717, 1.165) is 6.07 Å². The van der Waals surface area contributed by atoms with E-state index in [4.69, 9.17) is 9.84 Å². The topological polar surface area (TPSA) is 29.5 Å². The molecule has 1 N–H and O–H groups in total. The number of rotatable bonds is 2. The lowest BCUT2D eigenvalue weighted by Gasteiger charge is -2.14. The summed E-state index contributed by atoms with van der Waals surface area (Å²) in [6, 6.07) is 2.08. The third-order valence-electron chi connectivity index (χ3n) is 1.89. The van der Waals surface area contributed by atoms with E-state index in [1.165, 1.54) is 13.2 Å². The highest BCUT2D eigenvalue weighted by atomic mass is 79.9. The molecule has 2 nitrogen and oxygen atoms in total. The molecule has 1 aromatic carbocycles. The molecule has 0 aliphatic heterocycles. The number of ether oxygens (including phenoxy) is 1. The second-order valence-corrected chi connectivity index (χ2v) is 3.56. The second-order valence-electron chi connectivity index (χ2n) is 2.76. The van der Waals surface area contributed by atoms with Gasteiger partial charge in [0.25, 0.3) is 0 Å². The van der Waals surface area contributed by atoms with Crippen molar-refractivity contribution in [3.63, 3.8) is 0 Å². The van der Waals surface area contributed by atoms with Crippen LogP contribution in [0.3, 0.4) is 0 Å². The summed E-state index contributed by atoms with van der Waals surface area (Å²) in [5.41, 5.74) is -1.08. The fraction of sp³-hybridized carbons (Fsp3) is 0.333. The molecule has 0 saturated carbocycles. The SMILES string of the molecule is COc1ccc(C(F)(F)F)c(CO)c1Br. The number of halogens is 4. The zero-order valence-corrected chi connectivity index (χ0v) is 9.32. The van der Waals surface area contributed by atoms with E-state index in [9.17, 15) is 13.2 Å². The average Bonchev–Trinajstić information content (AvgIpc) is 2.15. The van der Waals surface area contributed by atoms with Gasteiger partial charge in [-0.3, -0.25) is 0 Å². The number of aliphatic hydroxyl groups is 1. The summed E-state index contributed by atoms with van der Waals surface area (Å²) in [6.45, 7) is -0.702. The molecule has 0 aromatic heterocycles. The van der Waals surface area contributed by atoms with Crippen molar-refractivity contribution in [1.29, 1.82) is 0 Å². The van der Waals surface area contributed by atoms with E-state index < -0.39 is 18.3 Å². The maximum absolute atomic E-state index is 12.5. The molecule has 0 radical (unpaired) electrons. The van der Waals surface area contributed by atoms with Crippen molar-refractivity contribution in [1.82, 2.24) is 0 Å². The first-order valence-electron chi connectivity index (χ1n) is 3.95. The fourth-order valence-corrected chi connectivity index (χ4v) is 1.81. The summed E-state index contributed by atoms with van der Waals surface area (Å²) in [5, 5.41) is 8.90. The van der Waals surface area contributed by atoms with Crippen molar-refractivity contribution in [2.24, 2.45) is 0 Å². The smallest absolute Gasteiger partial charge is 0.416 e. The molecule has 0 unspecified atom stereocenters. The van der Waals surface area contributed by atoms with E-state index in [1.807, 2.05) is 0 Å². The largest absolute Gasteiger partial charge is 0.496 e. The van der Waals surface area contributed by atoms with Gasteiger partial charge >= 0.3 is 6.18 Å². The zero-order chi connectivity index (χ0) is 11.6. The molecule has 0 heterocycles. The minimum Gasteiger partial charge on any atom is -0.496 e. The van der Waals surface area contributed by atoms with Crippen LogP contribution in [0.15, 0.2) is 16.6 Å². The Balaban J connectivity index is 3.38. The summed E-state index contributed by atoms with van der Waals surface area (Å²) in [4.78, 5) is 0. The lowest BCUT2D eigenvalue weighted by Crippen LogP contribution is -2.10. The maximum Gasteiger partial charge on any atom is 0.416 e. The number of aliphatic hydroxyl groups excluding tert-OH is 1. The first-order chi connectivity index (χ1) is 6.91. The molecule has 1 rings (SSSR count). The van der Waals surface area contributed by atoms with Crippen LogP contribution >= 0.6 is 15.9 Å². The molecule has 0 bridgehead atoms. The summed E-state index contributed by atoms with van der Waals surface area (Å²) >= 11 is 2.96. The molecule has 0 atom stereocenters. The number of methoxy groups -OCH3 is 1. The summed E-state index contributed by atoms with van der Waals surface area (Å²) in [7, 11) is 1.34. The monoisotopic (exact) mass is 284 g/mol. The Labute approximate surface area is 92.8 Å². The highest BCUT2D eigenvalue weighted by Gasteiger charge is 2.34. The average molecular weight is 285 g/mol. The van der Waals surface area contributed by atoms with Crippen LogP contribution in [0.1, 0.15) is 11.1 Å². The van der Waals surface area contributed by atoms with E-state index in [0.29, 0.717) is 0 Å². The Morgan fingerprint density at radius 2 is 2.00 bits per heavy atom. The van der Waals surface area contributed by atoms with Crippen molar-refractivity contribution in [3.8, 4) is 5.75 Å². The van der Waals surface area contributed by atoms with Crippen LogP contribution in [0, 0.1) is 0 Å². The minimum absolute atomic E-state index is 0.127. The van der Waals surface area contributed by atoms with Crippen LogP contribution in [-0.4, -0.2) is 12.2 Å². The predicted octanol–water partition coefficient (Wildman–Crippen LogP) is 2.97. The van der Waals surface area contributed by atoms with Gasteiger partial charge in [-0.1, -0.05) is 0 Å². The lowest BCUT2D eigenvalue weighted by atomic mass is 10.1. The Bertz CT molecular complexity index is 363. The van der Waals surface area contributed by atoms with Crippen LogP contribution in [0.2, 0.25) is 0 Å². The van der Waals surface area contributed by atoms with Crippen molar-refractivity contribution >= 4 is 15.9 Å². The van der Waals surface area contributed by atoms with Crippen LogP contribution in [-0.2, 0) is 12.8 Å². The first kappa shape index (κ1) is 12.3. The van der Waals surface area contributed by atoms with Crippen LogP contribution in [0.5, 0.6) is 5.75 Å². The van der Waals surface area contributed by atoms with Gasteiger partial charge in [0.2, 0.25) is 0 Å². The minimum atomic E-state index is -4.48. The van der Waals surface area contributed by atoms with Gasteiger partial charge in [-0.2, -0.15) is 13.2 Å². The molecule has 0 saturated heterocycles. The van der Waals surface area contributed by atoms with Gasteiger partial charge in [0, 0.05) is 5.56 Å². The van der Waals surface area contributed by atoms with Crippen molar-refractivity contribution in [2.45, 2.75) is 12.8 Å². The molecule has 0 spiro atoms. The maximum atomic E-state index is 12.5. The third-order valence-corrected chi connectivity index (χ3v) is 2.76. The molecule has 0 aliphatic carbocycles. The van der Waals surface area contributed by atoms with Crippen LogP contribution < -0.4 is 4.74 Å². The van der Waals surface area contributed by atoms with Crippen molar-refractivity contribution in [3.05, 3.63) is 27.7 Å². The number of hydrogen-bond donors (Lipinski definition) is 1. The first-order valence-corrected chi connectivity index (χ1v) is 4.74.